The molecule has 292 valence electrons. The van der Waals surface area contributed by atoms with Gasteiger partial charge in [0.15, 0.2) is 17.5 Å². The van der Waals surface area contributed by atoms with Crippen molar-refractivity contribution in [3.63, 3.8) is 0 Å². The lowest BCUT2D eigenvalue weighted by Crippen LogP contribution is -2.02. The van der Waals surface area contributed by atoms with Crippen molar-refractivity contribution in [2.24, 2.45) is 0 Å². The quantitative estimate of drug-likeness (QED) is 0.177. The molecule has 0 atom stereocenters. The number of hydrogen-bond donors (Lipinski definition) is 0. The molecular formula is C57H32N4OS. The highest BCUT2D eigenvalue weighted by Crippen LogP contribution is 2.46. The molecule has 0 aliphatic heterocycles. The normalized spacial score (nSPS) is 12.1. The summed E-state index contributed by atoms with van der Waals surface area (Å²) in [6.45, 7) is 0. The van der Waals surface area contributed by atoms with E-state index in [0.717, 1.165) is 70.8 Å². The first-order valence-electron chi connectivity index (χ1n) is 21.2. The monoisotopic (exact) mass is 820 g/mol. The third-order valence-electron chi connectivity index (χ3n) is 12.8. The summed E-state index contributed by atoms with van der Waals surface area (Å²) in [5, 5.41) is 14.0. The van der Waals surface area contributed by atoms with Gasteiger partial charge in [0.25, 0.3) is 0 Å². The minimum Gasteiger partial charge on any atom is -0.456 e. The molecule has 0 saturated heterocycles. The van der Waals surface area contributed by atoms with Crippen LogP contribution in [-0.4, -0.2) is 19.5 Å². The van der Waals surface area contributed by atoms with E-state index in [-0.39, 0.29) is 0 Å². The van der Waals surface area contributed by atoms with Crippen LogP contribution in [0.4, 0.5) is 0 Å². The fourth-order valence-corrected chi connectivity index (χ4v) is 11.3. The highest BCUT2D eigenvalue weighted by molar-refractivity contribution is 7.26. The summed E-state index contributed by atoms with van der Waals surface area (Å²) >= 11 is 1.84. The van der Waals surface area contributed by atoms with E-state index in [9.17, 15) is 0 Å². The minimum absolute atomic E-state index is 0.590. The predicted octanol–water partition coefficient (Wildman–Crippen LogP) is 15.7. The zero-order chi connectivity index (χ0) is 41.2. The Morgan fingerprint density at radius 2 is 1.00 bits per heavy atom. The van der Waals surface area contributed by atoms with Crippen molar-refractivity contribution in [3.8, 4) is 39.9 Å². The number of nitrogens with zero attached hydrogens (tertiary/aromatic N) is 4. The van der Waals surface area contributed by atoms with Gasteiger partial charge in [-0.3, -0.25) is 0 Å². The molecule has 14 aromatic rings. The summed E-state index contributed by atoms with van der Waals surface area (Å²) in [5.74, 6) is 1.81. The molecule has 0 aliphatic carbocycles. The SMILES string of the molecule is c1ccc2cc3c(cc2c1)c1ccccc1n3-c1cc(-c2nc(-c3cccc4ccccc34)nc(-c3cccc4oc5ccccc5c34)n2)cc2sc3c4ccccc4ccc3c12. The van der Waals surface area contributed by atoms with Crippen LogP contribution in [0.25, 0.3) is 136 Å². The molecule has 10 aromatic carbocycles. The lowest BCUT2D eigenvalue weighted by molar-refractivity contribution is 0.669. The molecule has 0 fully saturated rings. The van der Waals surface area contributed by atoms with Gasteiger partial charge in [0, 0.05) is 58.4 Å². The Hall–Kier alpha value is -8.19. The van der Waals surface area contributed by atoms with E-state index in [1.165, 1.54) is 47.8 Å². The van der Waals surface area contributed by atoms with Gasteiger partial charge < -0.3 is 8.98 Å². The number of rotatable bonds is 4. The Morgan fingerprint density at radius 1 is 0.381 bits per heavy atom. The van der Waals surface area contributed by atoms with E-state index in [1.54, 1.807) is 0 Å². The Labute approximate surface area is 363 Å². The van der Waals surface area contributed by atoms with E-state index in [1.807, 2.05) is 35.6 Å². The van der Waals surface area contributed by atoms with Crippen molar-refractivity contribution in [2.45, 2.75) is 0 Å². The number of aromatic nitrogens is 4. The number of hydrogen-bond acceptors (Lipinski definition) is 5. The van der Waals surface area contributed by atoms with E-state index in [4.69, 9.17) is 19.4 Å². The van der Waals surface area contributed by atoms with Crippen LogP contribution in [0.1, 0.15) is 0 Å². The highest BCUT2D eigenvalue weighted by Gasteiger charge is 2.23. The zero-order valence-electron chi connectivity index (χ0n) is 33.6. The first-order valence-corrected chi connectivity index (χ1v) is 22.0. The molecule has 0 aliphatic rings. The number of para-hydroxylation sites is 2. The fourth-order valence-electron chi connectivity index (χ4n) is 9.96. The standard InChI is InChI=1S/C57H32N4OS/c1-2-16-36-30-47-45(29-35(36)15-1)40-20-7-9-24-46(40)61(47)48-31-37(32-51-53(48)43-28-27-34-14-4-6-19-39(34)54(43)63-51)55-58-56(41-22-11-17-33-13-3-5-18-38(33)41)60-57(59-55)44-23-12-26-50-52(44)42-21-8-10-25-49(42)62-50/h1-32H. The maximum absolute atomic E-state index is 6.39. The molecular weight excluding hydrogens is 789 g/mol. The number of furan rings is 1. The molecule has 63 heavy (non-hydrogen) atoms. The number of fused-ring (bicyclic) bond motifs is 13. The van der Waals surface area contributed by atoms with Gasteiger partial charge in [-0.15, -0.1) is 11.3 Å². The van der Waals surface area contributed by atoms with Crippen molar-refractivity contribution in [1.82, 2.24) is 19.5 Å². The minimum atomic E-state index is 0.590. The van der Waals surface area contributed by atoms with Crippen LogP contribution in [0.15, 0.2) is 199 Å². The smallest absolute Gasteiger partial charge is 0.164 e. The summed E-state index contributed by atoms with van der Waals surface area (Å²) in [7, 11) is 0. The van der Waals surface area contributed by atoms with Crippen LogP contribution in [-0.2, 0) is 0 Å². The zero-order valence-corrected chi connectivity index (χ0v) is 34.4. The van der Waals surface area contributed by atoms with Crippen molar-refractivity contribution in [2.75, 3.05) is 0 Å². The van der Waals surface area contributed by atoms with E-state index in [0.29, 0.717) is 17.5 Å². The molecule has 0 radical (unpaired) electrons. The van der Waals surface area contributed by atoms with Crippen molar-refractivity contribution in [1.29, 1.82) is 0 Å². The summed E-state index contributed by atoms with van der Waals surface area (Å²) in [6, 6.07) is 69.1. The Kier molecular flexibility index (Phi) is 7.21. The number of thiophene rings is 1. The Bertz CT molecular complexity index is 4230. The molecule has 0 unspecified atom stereocenters. The van der Waals surface area contributed by atoms with Crippen molar-refractivity contribution >= 4 is 108 Å². The van der Waals surface area contributed by atoms with Crippen LogP contribution < -0.4 is 0 Å². The highest BCUT2D eigenvalue weighted by atomic mass is 32.1. The van der Waals surface area contributed by atoms with Gasteiger partial charge in [0.05, 0.1) is 16.7 Å². The van der Waals surface area contributed by atoms with Crippen LogP contribution in [0.3, 0.4) is 0 Å². The molecule has 14 rings (SSSR count). The molecule has 0 saturated carbocycles. The summed E-state index contributed by atoms with van der Waals surface area (Å²) in [6.07, 6.45) is 0. The molecule has 4 aromatic heterocycles. The molecule has 0 N–H and O–H groups in total. The van der Waals surface area contributed by atoms with Crippen LogP contribution in [0, 0.1) is 0 Å². The largest absolute Gasteiger partial charge is 0.456 e. The second-order valence-electron chi connectivity index (χ2n) is 16.3. The van der Waals surface area contributed by atoms with E-state index < -0.39 is 0 Å². The molecule has 0 spiro atoms. The predicted molar refractivity (Wildman–Crippen MR) is 263 cm³/mol. The second-order valence-corrected chi connectivity index (χ2v) is 17.4. The fraction of sp³-hybridized carbons (Fsp3) is 0. The lowest BCUT2D eigenvalue weighted by Gasteiger charge is -2.14. The van der Waals surface area contributed by atoms with Crippen LogP contribution >= 0.6 is 11.3 Å². The molecule has 0 bridgehead atoms. The third-order valence-corrected chi connectivity index (χ3v) is 14.0. The van der Waals surface area contributed by atoms with Gasteiger partial charge in [-0.1, -0.05) is 152 Å². The second kappa shape index (κ2) is 13.2. The maximum atomic E-state index is 6.39. The van der Waals surface area contributed by atoms with Gasteiger partial charge in [-0.05, 0) is 74.8 Å². The van der Waals surface area contributed by atoms with Gasteiger partial charge in [0.2, 0.25) is 0 Å². The average molecular weight is 821 g/mol. The molecule has 4 heterocycles. The van der Waals surface area contributed by atoms with Crippen LogP contribution in [0.5, 0.6) is 0 Å². The summed E-state index contributed by atoms with van der Waals surface area (Å²) in [5.41, 5.74) is 7.76. The third kappa shape index (κ3) is 5.13. The van der Waals surface area contributed by atoms with Gasteiger partial charge in [-0.2, -0.15) is 0 Å². The molecule has 5 nitrogen and oxygen atoms in total. The van der Waals surface area contributed by atoms with Crippen LogP contribution in [0.2, 0.25) is 0 Å². The molecule has 6 heteroatoms. The summed E-state index contributed by atoms with van der Waals surface area (Å²) in [4.78, 5) is 16.2. The Morgan fingerprint density at radius 3 is 1.86 bits per heavy atom. The van der Waals surface area contributed by atoms with Crippen molar-refractivity contribution < 1.29 is 4.42 Å². The molecule has 0 amide bonds. The van der Waals surface area contributed by atoms with Gasteiger partial charge >= 0.3 is 0 Å². The van der Waals surface area contributed by atoms with Crippen molar-refractivity contribution in [3.05, 3.63) is 194 Å². The first-order chi connectivity index (χ1) is 31.2. The summed E-state index contributed by atoms with van der Waals surface area (Å²) < 4.78 is 11.3. The lowest BCUT2D eigenvalue weighted by atomic mass is 10.0. The maximum Gasteiger partial charge on any atom is 0.164 e. The van der Waals surface area contributed by atoms with Gasteiger partial charge in [-0.25, -0.2) is 15.0 Å². The van der Waals surface area contributed by atoms with E-state index in [2.05, 4.69) is 174 Å². The Balaban J connectivity index is 1.12. The van der Waals surface area contributed by atoms with Gasteiger partial charge in [0.1, 0.15) is 11.2 Å². The first kappa shape index (κ1) is 34.5. The number of benzene rings is 10. The average Bonchev–Trinajstić information content (AvgIpc) is 4.02. The topological polar surface area (TPSA) is 56.7 Å². The van der Waals surface area contributed by atoms with E-state index >= 15 is 0 Å².